The van der Waals surface area contributed by atoms with E-state index in [0.717, 1.165) is 43.0 Å². The molecule has 1 aliphatic carbocycles. The number of hydrogen-bond acceptors (Lipinski definition) is 2. The zero-order chi connectivity index (χ0) is 19.5. The molecule has 0 fully saturated rings. The van der Waals surface area contributed by atoms with Crippen LogP contribution in [-0.2, 0) is 20.7 Å². The van der Waals surface area contributed by atoms with Crippen LogP contribution in [0, 0.1) is 0 Å². The Bertz CT molecular complexity index is 788. The Morgan fingerprint density at radius 1 is 0.778 bits per heavy atom. The highest BCUT2D eigenvalue weighted by molar-refractivity contribution is 9.10. The number of halogens is 1. The molecule has 2 aromatic rings. The Hall–Kier alpha value is -1.16. The minimum atomic E-state index is -0.517. The van der Waals surface area contributed by atoms with Gasteiger partial charge in [0, 0.05) is 24.3 Å². The molecule has 0 aromatic heterocycles. The first-order valence-electron chi connectivity index (χ1n) is 10.1. The molecule has 2 atom stereocenters. The highest BCUT2D eigenvalue weighted by Crippen LogP contribution is 2.60. The van der Waals surface area contributed by atoms with Crippen LogP contribution in [0.1, 0.15) is 63.5 Å². The molecule has 2 nitrogen and oxygen atoms in total. The highest BCUT2D eigenvalue weighted by Gasteiger charge is 2.58. The lowest BCUT2D eigenvalue weighted by atomic mass is 9.61. The molecule has 0 saturated carbocycles. The van der Waals surface area contributed by atoms with Crippen LogP contribution in [0.2, 0.25) is 0 Å². The standard InChI is InChI=1S/C24H31BrO2/c1-5-7-16-23(26-3)20-14-10-9-12-18(20)19-13-11-15-21(25)22(19)24(23,27-4)17-8-6-2/h9-15H,5-8,16-17H2,1-4H3. The van der Waals surface area contributed by atoms with Crippen molar-refractivity contribution in [2.24, 2.45) is 0 Å². The van der Waals surface area contributed by atoms with Crippen LogP contribution in [0.4, 0.5) is 0 Å². The lowest BCUT2D eigenvalue weighted by Crippen LogP contribution is -2.54. The Morgan fingerprint density at radius 2 is 1.37 bits per heavy atom. The van der Waals surface area contributed by atoms with Gasteiger partial charge in [0.05, 0.1) is 0 Å². The monoisotopic (exact) mass is 430 g/mol. The quantitative estimate of drug-likeness (QED) is 0.440. The third kappa shape index (κ3) is 3.08. The molecule has 2 unspecified atom stereocenters. The van der Waals surface area contributed by atoms with Crippen molar-refractivity contribution in [3.05, 3.63) is 58.1 Å². The lowest BCUT2D eigenvalue weighted by molar-refractivity contribution is -0.210. The Labute approximate surface area is 172 Å². The van der Waals surface area contributed by atoms with Crippen molar-refractivity contribution in [1.29, 1.82) is 0 Å². The number of hydrogen-bond donors (Lipinski definition) is 0. The zero-order valence-electron chi connectivity index (χ0n) is 17.0. The summed E-state index contributed by atoms with van der Waals surface area (Å²) in [5.41, 5.74) is 3.98. The van der Waals surface area contributed by atoms with Gasteiger partial charge in [-0.25, -0.2) is 0 Å². The molecule has 0 spiro atoms. The van der Waals surface area contributed by atoms with Gasteiger partial charge in [-0.05, 0) is 35.6 Å². The van der Waals surface area contributed by atoms with Gasteiger partial charge < -0.3 is 9.47 Å². The normalized spacial score (nSPS) is 23.7. The van der Waals surface area contributed by atoms with Gasteiger partial charge >= 0.3 is 0 Å². The molecule has 3 heteroatoms. The molecule has 2 aromatic carbocycles. The second-order valence-electron chi connectivity index (χ2n) is 7.48. The number of rotatable bonds is 8. The average molecular weight is 431 g/mol. The second-order valence-corrected chi connectivity index (χ2v) is 8.33. The van der Waals surface area contributed by atoms with Crippen molar-refractivity contribution in [3.8, 4) is 11.1 Å². The van der Waals surface area contributed by atoms with Gasteiger partial charge in [0.25, 0.3) is 0 Å². The van der Waals surface area contributed by atoms with E-state index < -0.39 is 11.2 Å². The van der Waals surface area contributed by atoms with E-state index in [0.29, 0.717) is 0 Å². The van der Waals surface area contributed by atoms with E-state index in [1.807, 2.05) is 14.2 Å². The van der Waals surface area contributed by atoms with Gasteiger partial charge in [-0.3, -0.25) is 0 Å². The first-order valence-corrected chi connectivity index (χ1v) is 10.9. The summed E-state index contributed by atoms with van der Waals surface area (Å²) in [6.07, 6.45) is 6.31. The van der Waals surface area contributed by atoms with E-state index >= 15 is 0 Å². The fourth-order valence-electron chi connectivity index (χ4n) is 4.91. The number of fused-ring (bicyclic) bond motifs is 3. The Morgan fingerprint density at radius 3 is 2.00 bits per heavy atom. The van der Waals surface area contributed by atoms with Crippen LogP contribution in [0.15, 0.2) is 46.9 Å². The highest BCUT2D eigenvalue weighted by atomic mass is 79.9. The summed E-state index contributed by atoms with van der Waals surface area (Å²) in [6.45, 7) is 4.48. The lowest BCUT2D eigenvalue weighted by Gasteiger charge is -2.54. The van der Waals surface area contributed by atoms with E-state index in [4.69, 9.17) is 9.47 Å². The molecule has 0 heterocycles. The van der Waals surface area contributed by atoms with Crippen LogP contribution < -0.4 is 0 Å². The summed E-state index contributed by atoms with van der Waals surface area (Å²) in [4.78, 5) is 0. The summed E-state index contributed by atoms with van der Waals surface area (Å²) >= 11 is 3.86. The van der Waals surface area contributed by atoms with Gasteiger partial charge in [0.1, 0.15) is 11.2 Å². The fourth-order valence-corrected chi connectivity index (χ4v) is 5.60. The van der Waals surface area contributed by atoms with E-state index in [1.54, 1.807) is 0 Å². The zero-order valence-corrected chi connectivity index (χ0v) is 18.6. The summed E-state index contributed by atoms with van der Waals surface area (Å²) in [5.74, 6) is 0. The second kappa shape index (κ2) is 8.46. The van der Waals surface area contributed by atoms with Crippen LogP contribution in [-0.4, -0.2) is 14.2 Å². The first kappa shape index (κ1) is 20.6. The molecular formula is C24H31BrO2. The maximum absolute atomic E-state index is 6.49. The van der Waals surface area contributed by atoms with Crippen molar-refractivity contribution in [1.82, 2.24) is 0 Å². The smallest absolute Gasteiger partial charge is 0.127 e. The number of benzene rings is 2. The summed E-state index contributed by atoms with van der Waals surface area (Å²) in [6, 6.07) is 15.2. The molecule has 1 aliphatic rings. The first-order chi connectivity index (χ1) is 13.1. The van der Waals surface area contributed by atoms with Gasteiger partial charge in [-0.2, -0.15) is 0 Å². The van der Waals surface area contributed by atoms with E-state index in [9.17, 15) is 0 Å². The topological polar surface area (TPSA) is 18.5 Å². The summed E-state index contributed by atoms with van der Waals surface area (Å²) in [5, 5.41) is 0. The van der Waals surface area contributed by atoms with Crippen LogP contribution in [0.3, 0.4) is 0 Å². The third-order valence-corrected chi connectivity index (χ3v) is 6.84. The summed E-state index contributed by atoms with van der Waals surface area (Å²) < 4.78 is 14.1. The molecule has 27 heavy (non-hydrogen) atoms. The average Bonchev–Trinajstić information content (AvgIpc) is 2.71. The van der Waals surface area contributed by atoms with E-state index in [1.165, 1.54) is 22.3 Å². The molecule has 146 valence electrons. The predicted octanol–water partition coefficient (Wildman–Crippen LogP) is 7.19. The van der Waals surface area contributed by atoms with Crippen LogP contribution in [0.5, 0.6) is 0 Å². The summed E-state index contributed by atoms with van der Waals surface area (Å²) in [7, 11) is 3.71. The largest absolute Gasteiger partial charge is 0.370 e. The van der Waals surface area contributed by atoms with Crippen molar-refractivity contribution >= 4 is 15.9 Å². The van der Waals surface area contributed by atoms with Gasteiger partial charge in [0.15, 0.2) is 0 Å². The third-order valence-electron chi connectivity index (χ3n) is 6.18. The van der Waals surface area contributed by atoms with Gasteiger partial charge in [0.2, 0.25) is 0 Å². The molecule has 0 saturated heterocycles. The van der Waals surface area contributed by atoms with E-state index in [-0.39, 0.29) is 0 Å². The minimum absolute atomic E-state index is 0.500. The fraction of sp³-hybridized carbons (Fsp3) is 0.500. The Balaban J connectivity index is 2.40. The van der Waals surface area contributed by atoms with E-state index in [2.05, 4.69) is 72.2 Å². The van der Waals surface area contributed by atoms with Crippen LogP contribution >= 0.6 is 15.9 Å². The molecule has 0 radical (unpaired) electrons. The van der Waals surface area contributed by atoms with Gasteiger partial charge in [-0.15, -0.1) is 0 Å². The SMILES string of the molecule is CCCCC1(OC)c2ccccc2-c2cccc(Br)c2C1(CCCC)OC. The molecule has 0 amide bonds. The van der Waals surface area contributed by atoms with Gasteiger partial charge in [-0.1, -0.05) is 91.9 Å². The maximum atomic E-state index is 6.49. The molecule has 0 N–H and O–H groups in total. The maximum Gasteiger partial charge on any atom is 0.127 e. The molecule has 0 bridgehead atoms. The van der Waals surface area contributed by atoms with Crippen molar-refractivity contribution < 1.29 is 9.47 Å². The number of methoxy groups -OCH3 is 2. The predicted molar refractivity (Wildman–Crippen MR) is 116 cm³/mol. The molecule has 3 rings (SSSR count). The number of unbranched alkanes of at least 4 members (excludes halogenated alkanes) is 2. The van der Waals surface area contributed by atoms with Crippen molar-refractivity contribution in [3.63, 3.8) is 0 Å². The van der Waals surface area contributed by atoms with Crippen LogP contribution in [0.25, 0.3) is 11.1 Å². The molecule has 0 aliphatic heterocycles. The minimum Gasteiger partial charge on any atom is -0.370 e. The Kier molecular flexibility index (Phi) is 6.45. The molecular weight excluding hydrogens is 400 g/mol. The van der Waals surface area contributed by atoms with Crippen molar-refractivity contribution in [2.75, 3.05) is 14.2 Å². The number of ether oxygens (including phenoxy) is 2. The van der Waals surface area contributed by atoms with Crippen molar-refractivity contribution in [2.45, 2.75) is 63.6 Å².